The van der Waals surface area contributed by atoms with Crippen LogP contribution in [0.5, 0.6) is 0 Å². The van der Waals surface area contributed by atoms with Crippen molar-refractivity contribution in [2.75, 3.05) is 24.3 Å². The molecule has 0 spiro atoms. The van der Waals surface area contributed by atoms with Gasteiger partial charge in [0.1, 0.15) is 0 Å². The van der Waals surface area contributed by atoms with Gasteiger partial charge in [0.05, 0.1) is 0 Å². The van der Waals surface area contributed by atoms with Crippen molar-refractivity contribution in [1.29, 1.82) is 0 Å². The standard InChI is InChI=1S/C15H24N2O2/c1-11(2)10-19-8-4-5-15(18)17-14-9-13(16)7-6-12(14)3/h6-7,9,11H,4-5,8,10,16H2,1-3H3,(H,17,18). The van der Waals surface area contributed by atoms with Gasteiger partial charge in [-0.3, -0.25) is 4.79 Å². The minimum absolute atomic E-state index is 0.00171. The summed E-state index contributed by atoms with van der Waals surface area (Å²) in [4.78, 5) is 11.8. The maximum atomic E-state index is 11.8. The Morgan fingerprint density at radius 2 is 2.16 bits per heavy atom. The molecule has 0 aliphatic heterocycles. The third kappa shape index (κ3) is 6.25. The monoisotopic (exact) mass is 264 g/mol. The lowest BCUT2D eigenvalue weighted by Gasteiger charge is -2.10. The lowest BCUT2D eigenvalue weighted by atomic mass is 10.1. The van der Waals surface area contributed by atoms with Crippen LogP contribution in [0.1, 0.15) is 32.3 Å². The molecule has 0 aliphatic rings. The highest BCUT2D eigenvalue weighted by atomic mass is 16.5. The van der Waals surface area contributed by atoms with E-state index >= 15 is 0 Å². The molecule has 0 heterocycles. The predicted molar refractivity (Wildman–Crippen MR) is 79.1 cm³/mol. The number of hydrogen-bond acceptors (Lipinski definition) is 3. The summed E-state index contributed by atoms with van der Waals surface area (Å²) in [5, 5.41) is 2.88. The molecule has 0 bridgehead atoms. The van der Waals surface area contributed by atoms with Crippen molar-refractivity contribution in [2.45, 2.75) is 33.6 Å². The number of nitrogens with two attached hydrogens (primary N) is 1. The predicted octanol–water partition coefficient (Wildman–Crippen LogP) is 2.97. The highest BCUT2D eigenvalue weighted by Gasteiger charge is 2.05. The molecule has 19 heavy (non-hydrogen) atoms. The molecule has 0 saturated heterocycles. The Hall–Kier alpha value is -1.55. The fourth-order valence-corrected chi connectivity index (χ4v) is 1.64. The Balaban J connectivity index is 2.29. The second kappa shape index (κ2) is 7.79. The molecule has 0 radical (unpaired) electrons. The van der Waals surface area contributed by atoms with Gasteiger partial charge in [0, 0.05) is 31.0 Å². The molecule has 1 rings (SSSR count). The number of carbonyl (C=O) groups is 1. The van der Waals surface area contributed by atoms with Gasteiger partial charge in [-0.25, -0.2) is 0 Å². The van der Waals surface area contributed by atoms with Crippen LogP contribution in [0.3, 0.4) is 0 Å². The molecular weight excluding hydrogens is 240 g/mol. The zero-order valence-corrected chi connectivity index (χ0v) is 12.0. The Bertz CT molecular complexity index is 417. The average molecular weight is 264 g/mol. The number of nitrogens with one attached hydrogen (secondary N) is 1. The van der Waals surface area contributed by atoms with E-state index < -0.39 is 0 Å². The summed E-state index contributed by atoms with van der Waals surface area (Å²) in [6, 6.07) is 5.50. The van der Waals surface area contributed by atoms with Gasteiger partial charge in [-0.1, -0.05) is 19.9 Å². The van der Waals surface area contributed by atoms with Gasteiger partial charge in [-0.15, -0.1) is 0 Å². The number of ether oxygens (including phenoxy) is 1. The minimum atomic E-state index is 0.00171. The van der Waals surface area contributed by atoms with Gasteiger partial charge in [-0.05, 0) is 37.0 Å². The Morgan fingerprint density at radius 3 is 2.84 bits per heavy atom. The Morgan fingerprint density at radius 1 is 1.42 bits per heavy atom. The van der Waals surface area contributed by atoms with Crippen LogP contribution in [0.25, 0.3) is 0 Å². The first-order valence-electron chi connectivity index (χ1n) is 6.72. The normalized spacial score (nSPS) is 10.7. The fourth-order valence-electron chi connectivity index (χ4n) is 1.64. The number of aryl methyl sites for hydroxylation is 1. The van der Waals surface area contributed by atoms with E-state index in [0.29, 0.717) is 24.6 Å². The van der Waals surface area contributed by atoms with Crippen LogP contribution in [-0.2, 0) is 9.53 Å². The first-order valence-corrected chi connectivity index (χ1v) is 6.72. The summed E-state index contributed by atoms with van der Waals surface area (Å²) in [7, 11) is 0. The van der Waals surface area contributed by atoms with Crippen LogP contribution >= 0.6 is 0 Å². The molecule has 1 aromatic rings. The molecule has 0 atom stereocenters. The molecule has 0 unspecified atom stereocenters. The van der Waals surface area contributed by atoms with E-state index in [9.17, 15) is 4.79 Å². The number of carbonyl (C=O) groups excluding carboxylic acids is 1. The SMILES string of the molecule is Cc1ccc(N)cc1NC(=O)CCCOCC(C)C. The molecule has 0 fully saturated rings. The second-order valence-corrected chi connectivity index (χ2v) is 5.19. The number of nitrogen functional groups attached to an aromatic ring is 1. The molecule has 4 nitrogen and oxygen atoms in total. The molecule has 106 valence electrons. The largest absolute Gasteiger partial charge is 0.399 e. The molecule has 0 aromatic heterocycles. The van der Waals surface area contributed by atoms with Gasteiger partial charge in [0.2, 0.25) is 5.91 Å². The first-order chi connectivity index (χ1) is 8.99. The Kier molecular flexibility index (Phi) is 6.36. The van der Waals surface area contributed by atoms with Gasteiger partial charge in [0.15, 0.2) is 0 Å². The van der Waals surface area contributed by atoms with E-state index in [2.05, 4.69) is 19.2 Å². The molecule has 4 heteroatoms. The molecule has 0 aliphatic carbocycles. The second-order valence-electron chi connectivity index (χ2n) is 5.19. The molecule has 0 saturated carbocycles. The quantitative estimate of drug-likeness (QED) is 0.588. The van der Waals surface area contributed by atoms with E-state index in [1.165, 1.54) is 0 Å². The van der Waals surface area contributed by atoms with Crippen LogP contribution < -0.4 is 11.1 Å². The smallest absolute Gasteiger partial charge is 0.224 e. The number of hydrogen-bond donors (Lipinski definition) is 2. The van der Waals surface area contributed by atoms with E-state index in [0.717, 1.165) is 24.3 Å². The van der Waals surface area contributed by atoms with E-state index in [1.54, 1.807) is 6.07 Å². The third-order valence-electron chi connectivity index (χ3n) is 2.68. The van der Waals surface area contributed by atoms with Crippen molar-refractivity contribution in [1.82, 2.24) is 0 Å². The maximum absolute atomic E-state index is 11.8. The Labute approximate surface area is 115 Å². The van der Waals surface area contributed by atoms with Crippen LogP contribution in [0.15, 0.2) is 18.2 Å². The first kappa shape index (κ1) is 15.5. The molecule has 1 aromatic carbocycles. The highest BCUT2D eigenvalue weighted by Crippen LogP contribution is 2.18. The van der Waals surface area contributed by atoms with Crippen molar-refractivity contribution >= 4 is 17.3 Å². The average Bonchev–Trinajstić information content (AvgIpc) is 2.33. The van der Waals surface area contributed by atoms with Crippen LogP contribution in [0, 0.1) is 12.8 Å². The van der Waals surface area contributed by atoms with Crippen molar-refractivity contribution in [3.63, 3.8) is 0 Å². The summed E-state index contributed by atoms with van der Waals surface area (Å²) in [5.41, 5.74) is 8.15. The topological polar surface area (TPSA) is 64.3 Å². The lowest BCUT2D eigenvalue weighted by Crippen LogP contribution is -2.13. The minimum Gasteiger partial charge on any atom is -0.399 e. The van der Waals surface area contributed by atoms with Crippen molar-refractivity contribution in [2.24, 2.45) is 5.92 Å². The van der Waals surface area contributed by atoms with Crippen LogP contribution in [-0.4, -0.2) is 19.1 Å². The third-order valence-corrected chi connectivity index (χ3v) is 2.68. The van der Waals surface area contributed by atoms with Crippen molar-refractivity contribution < 1.29 is 9.53 Å². The lowest BCUT2D eigenvalue weighted by molar-refractivity contribution is -0.116. The van der Waals surface area contributed by atoms with Crippen molar-refractivity contribution in [3.05, 3.63) is 23.8 Å². The van der Waals surface area contributed by atoms with E-state index in [4.69, 9.17) is 10.5 Å². The molecular formula is C15H24N2O2. The van der Waals surface area contributed by atoms with Gasteiger partial charge < -0.3 is 15.8 Å². The summed E-state index contributed by atoms with van der Waals surface area (Å²) in [5.74, 6) is 0.533. The maximum Gasteiger partial charge on any atom is 0.224 e. The molecule has 3 N–H and O–H groups in total. The summed E-state index contributed by atoms with van der Waals surface area (Å²) in [6.45, 7) is 7.53. The van der Waals surface area contributed by atoms with Gasteiger partial charge in [-0.2, -0.15) is 0 Å². The zero-order chi connectivity index (χ0) is 14.3. The molecule has 1 amide bonds. The van der Waals surface area contributed by atoms with Crippen molar-refractivity contribution in [3.8, 4) is 0 Å². The number of benzene rings is 1. The van der Waals surface area contributed by atoms with Gasteiger partial charge >= 0.3 is 0 Å². The van der Waals surface area contributed by atoms with Gasteiger partial charge in [0.25, 0.3) is 0 Å². The summed E-state index contributed by atoms with van der Waals surface area (Å²) >= 11 is 0. The summed E-state index contributed by atoms with van der Waals surface area (Å²) < 4.78 is 5.44. The number of anilines is 2. The number of rotatable bonds is 7. The zero-order valence-electron chi connectivity index (χ0n) is 12.0. The van der Waals surface area contributed by atoms with Crippen LogP contribution in [0.4, 0.5) is 11.4 Å². The van der Waals surface area contributed by atoms with Crippen LogP contribution in [0.2, 0.25) is 0 Å². The summed E-state index contributed by atoms with van der Waals surface area (Å²) in [6.07, 6.45) is 1.20. The fraction of sp³-hybridized carbons (Fsp3) is 0.533. The van der Waals surface area contributed by atoms with E-state index in [1.807, 2.05) is 19.1 Å². The highest BCUT2D eigenvalue weighted by molar-refractivity contribution is 5.91. The van der Waals surface area contributed by atoms with E-state index in [-0.39, 0.29) is 5.91 Å². The number of amides is 1.